The van der Waals surface area contributed by atoms with Crippen molar-refractivity contribution in [2.45, 2.75) is 51.4 Å². The summed E-state index contributed by atoms with van der Waals surface area (Å²) < 4.78 is 0. The van der Waals surface area contributed by atoms with Gasteiger partial charge in [0.25, 0.3) is 0 Å². The second-order valence-corrected chi connectivity index (χ2v) is 14.4. The van der Waals surface area contributed by atoms with Gasteiger partial charge in [0.1, 0.15) is 0 Å². The highest BCUT2D eigenvalue weighted by Crippen LogP contribution is 2.55. The molecule has 0 fully saturated rings. The highest BCUT2D eigenvalue weighted by molar-refractivity contribution is 5.95. The lowest BCUT2D eigenvalue weighted by Gasteiger charge is -2.32. The average molecular weight is 632 g/mol. The van der Waals surface area contributed by atoms with Crippen molar-refractivity contribution < 1.29 is 0 Å². The Morgan fingerprint density at radius 3 is 1.82 bits per heavy atom. The maximum Gasteiger partial charge on any atom is 0.0468 e. The van der Waals surface area contributed by atoms with Crippen molar-refractivity contribution in [1.29, 1.82) is 0 Å². The van der Waals surface area contributed by atoms with Crippen LogP contribution in [0.5, 0.6) is 0 Å². The van der Waals surface area contributed by atoms with Gasteiger partial charge in [0.05, 0.1) is 0 Å². The first-order valence-corrected chi connectivity index (χ1v) is 17.8. The Morgan fingerprint density at radius 2 is 1.02 bits per heavy atom. The van der Waals surface area contributed by atoms with Crippen molar-refractivity contribution in [3.8, 4) is 33.4 Å². The van der Waals surface area contributed by atoms with Gasteiger partial charge in [-0.15, -0.1) is 0 Å². The Morgan fingerprint density at radius 1 is 0.408 bits per heavy atom. The minimum absolute atomic E-state index is 0.00144. The van der Waals surface area contributed by atoms with E-state index in [1.807, 2.05) is 0 Å². The van der Waals surface area contributed by atoms with Gasteiger partial charge in [-0.2, -0.15) is 0 Å². The van der Waals surface area contributed by atoms with E-state index in [-0.39, 0.29) is 10.8 Å². The monoisotopic (exact) mass is 631 g/mol. The fraction of sp³-hybridized carbons (Fsp3) is 0.167. The Balaban J connectivity index is 1.27. The quantitative estimate of drug-likeness (QED) is 0.176. The van der Waals surface area contributed by atoms with Gasteiger partial charge < -0.3 is 4.90 Å². The number of rotatable bonds is 6. The molecule has 7 aromatic rings. The van der Waals surface area contributed by atoms with Crippen molar-refractivity contribution in [1.82, 2.24) is 0 Å². The minimum Gasteiger partial charge on any atom is -0.310 e. The molecule has 0 aromatic heterocycles. The molecule has 0 bridgehead atoms. The first-order chi connectivity index (χ1) is 23.9. The maximum absolute atomic E-state index is 2.50. The zero-order chi connectivity index (χ0) is 33.3. The number of hydrogen-bond acceptors (Lipinski definition) is 1. The molecular formula is C48H41N. The van der Waals surface area contributed by atoms with E-state index in [4.69, 9.17) is 0 Å². The van der Waals surface area contributed by atoms with Crippen LogP contribution >= 0.6 is 0 Å². The van der Waals surface area contributed by atoms with Gasteiger partial charge in [-0.25, -0.2) is 0 Å². The lowest BCUT2D eigenvalue weighted by Crippen LogP contribution is -2.23. The number of nitrogens with zero attached hydrogens (tertiary/aromatic N) is 1. The van der Waals surface area contributed by atoms with Gasteiger partial charge in [0.15, 0.2) is 0 Å². The number of hydrogen-bond donors (Lipinski definition) is 0. The summed E-state index contributed by atoms with van der Waals surface area (Å²) in [4.78, 5) is 2.48. The predicted octanol–water partition coefficient (Wildman–Crippen LogP) is 13.4. The third-order valence-electron chi connectivity index (χ3n) is 11.7. The fourth-order valence-electron chi connectivity index (χ4n) is 9.06. The smallest absolute Gasteiger partial charge is 0.0468 e. The van der Waals surface area contributed by atoms with Gasteiger partial charge in [0, 0.05) is 27.9 Å². The van der Waals surface area contributed by atoms with Crippen molar-refractivity contribution in [2.24, 2.45) is 0 Å². The molecule has 0 saturated carbocycles. The van der Waals surface area contributed by atoms with Crippen LogP contribution in [0.1, 0.15) is 62.8 Å². The summed E-state index contributed by atoms with van der Waals surface area (Å²) in [5.41, 5.74) is 17.0. The number of fused-ring (bicyclic) bond motifs is 7. The summed E-state index contributed by atoms with van der Waals surface area (Å²) in [6, 6.07) is 56.8. The average Bonchev–Trinajstić information content (AvgIpc) is 3.55. The topological polar surface area (TPSA) is 3.24 Å². The zero-order valence-electron chi connectivity index (χ0n) is 28.8. The van der Waals surface area contributed by atoms with Gasteiger partial charge in [-0.05, 0) is 128 Å². The van der Waals surface area contributed by atoms with Crippen LogP contribution in [0.25, 0.3) is 44.2 Å². The summed E-state index contributed by atoms with van der Waals surface area (Å²) >= 11 is 0. The predicted molar refractivity (Wildman–Crippen MR) is 208 cm³/mol. The summed E-state index contributed by atoms with van der Waals surface area (Å²) in [5, 5.41) is 2.59. The lowest BCUT2D eigenvalue weighted by atomic mass is 9.74. The van der Waals surface area contributed by atoms with Gasteiger partial charge >= 0.3 is 0 Å². The van der Waals surface area contributed by atoms with Gasteiger partial charge in [-0.1, -0.05) is 131 Å². The summed E-state index contributed by atoms with van der Waals surface area (Å²) in [7, 11) is 0. The molecule has 0 spiro atoms. The molecule has 49 heavy (non-hydrogen) atoms. The van der Waals surface area contributed by atoms with Crippen LogP contribution in [0.4, 0.5) is 17.1 Å². The Labute approximate surface area is 290 Å². The van der Waals surface area contributed by atoms with Crippen LogP contribution in [-0.4, -0.2) is 0 Å². The van der Waals surface area contributed by atoms with E-state index in [2.05, 4.69) is 184 Å². The Hall–Kier alpha value is -5.40. The molecule has 0 N–H and O–H groups in total. The van der Waals surface area contributed by atoms with Crippen molar-refractivity contribution in [3.63, 3.8) is 0 Å². The lowest BCUT2D eigenvalue weighted by molar-refractivity contribution is 0.490. The van der Waals surface area contributed by atoms with E-state index in [1.54, 1.807) is 0 Å². The molecule has 2 aliphatic rings. The highest BCUT2D eigenvalue weighted by atomic mass is 15.1. The molecule has 0 atom stereocenters. The zero-order valence-corrected chi connectivity index (χ0v) is 28.8. The molecule has 238 valence electrons. The minimum atomic E-state index is -0.0769. The van der Waals surface area contributed by atoms with Gasteiger partial charge in [-0.3, -0.25) is 0 Å². The molecule has 7 aromatic carbocycles. The molecule has 0 heterocycles. The Bertz CT molecular complexity index is 2390. The molecular weight excluding hydrogens is 591 g/mol. The Kier molecular flexibility index (Phi) is 6.71. The van der Waals surface area contributed by atoms with Crippen LogP contribution in [0.3, 0.4) is 0 Å². The molecule has 0 saturated heterocycles. The van der Waals surface area contributed by atoms with Crippen molar-refractivity contribution >= 4 is 27.8 Å². The molecule has 1 nitrogen and oxygen atoms in total. The third kappa shape index (κ3) is 4.38. The molecule has 0 radical (unpaired) electrons. The van der Waals surface area contributed by atoms with E-state index in [9.17, 15) is 0 Å². The number of anilines is 3. The molecule has 0 amide bonds. The largest absolute Gasteiger partial charge is 0.310 e. The summed E-state index contributed by atoms with van der Waals surface area (Å²) in [5.74, 6) is 0. The molecule has 0 unspecified atom stereocenters. The second kappa shape index (κ2) is 11.1. The van der Waals surface area contributed by atoms with Crippen LogP contribution in [0.2, 0.25) is 0 Å². The van der Waals surface area contributed by atoms with E-state index < -0.39 is 0 Å². The second-order valence-electron chi connectivity index (χ2n) is 14.4. The first kappa shape index (κ1) is 29.7. The van der Waals surface area contributed by atoms with Crippen molar-refractivity contribution in [3.05, 3.63) is 174 Å². The third-order valence-corrected chi connectivity index (χ3v) is 11.7. The van der Waals surface area contributed by atoms with Crippen LogP contribution in [0, 0.1) is 0 Å². The van der Waals surface area contributed by atoms with E-state index >= 15 is 0 Å². The van der Waals surface area contributed by atoms with Crippen LogP contribution in [0.15, 0.2) is 152 Å². The van der Waals surface area contributed by atoms with E-state index in [1.165, 1.54) is 77.8 Å². The highest BCUT2D eigenvalue weighted by Gasteiger charge is 2.41. The SMILES string of the molecule is CCC1(CC)c2ccccc2-c2ccc(N(c3cccc(-c4ccccc4)c3)c3ccc4c(c3)-c3cc5ccccc5cc3C4(C)C)cc21. The van der Waals surface area contributed by atoms with Crippen LogP contribution < -0.4 is 4.90 Å². The van der Waals surface area contributed by atoms with Crippen molar-refractivity contribution in [2.75, 3.05) is 4.90 Å². The fourth-order valence-corrected chi connectivity index (χ4v) is 9.06. The number of benzene rings is 7. The molecule has 9 rings (SSSR count). The first-order valence-electron chi connectivity index (χ1n) is 17.8. The molecule has 1 heteroatoms. The van der Waals surface area contributed by atoms with E-state index in [0.29, 0.717) is 0 Å². The summed E-state index contributed by atoms with van der Waals surface area (Å²) in [6.07, 6.45) is 2.14. The molecule has 2 aliphatic carbocycles. The van der Waals surface area contributed by atoms with Gasteiger partial charge in [0.2, 0.25) is 0 Å². The molecule has 0 aliphatic heterocycles. The summed E-state index contributed by atoms with van der Waals surface area (Å²) in [6.45, 7) is 9.46. The maximum atomic E-state index is 2.50. The van der Waals surface area contributed by atoms with E-state index in [0.717, 1.165) is 18.5 Å². The normalized spacial score (nSPS) is 14.6. The van der Waals surface area contributed by atoms with Crippen LogP contribution in [-0.2, 0) is 10.8 Å². The standard InChI is InChI=1S/C48H41N/c1-5-48(6-2)44-22-13-12-21-39(44)40-25-23-38(31-46(40)48)49(36-20-14-19-33(27-36)32-15-8-7-9-16-32)37-24-26-43-42(30-37)41-28-34-17-10-11-18-35(34)29-45(41)47(43,3)4/h7-31H,5-6H2,1-4H3.